The third kappa shape index (κ3) is 6.15. The third-order valence-corrected chi connectivity index (χ3v) is 7.13. The number of benzene rings is 1. The van der Waals surface area contributed by atoms with Gasteiger partial charge in [-0.25, -0.2) is 9.59 Å². The van der Waals surface area contributed by atoms with E-state index >= 15 is 0 Å². The summed E-state index contributed by atoms with van der Waals surface area (Å²) in [6.45, 7) is 1.81. The van der Waals surface area contributed by atoms with Gasteiger partial charge in [-0.2, -0.15) is 0 Å². The van der Waals surface area contributed by atoms with Gasteiger partial charge in [-0.3, -0.25) is 0 Å². The van der Waals surface area contributed by atoms with Crippen molar-refractivity contribution in [3.05, 3.63) is 29.3 Å². The number of aliphatic hydroxyl groups excluding tert-OH is 1. The van der Waals surface area contributed by atoms with E-state index in [2.05, 4.69) is 18.3 Å². The fraction of sp³-hybridized carbons (Fsp3) is 0.680. The largest absolute Gasteiger partial charge is 0.482 e. The minimum Gasteiger partial charge on any atom is -0.482 e. The molecule has 1 amide bonds. The van der Waals surface area contributed by atoms with Crippen LogP contribution in [0.5, 0.6) is 5.75 Å². The van der Waals surface area contributed by atoms with Crippen LogP contribution in [-0.4, -0.2) is 48.1 Å². The summed E-state index contributed by atoms with van der Waals surface area (Å²) in [5, 5.41) is 22.4. The molecular weight excluding hydrogens is 410 g/mol. The van der Waals surface area contributed by atoms with Crippen LogP contribution in [-0.2, 0) is 22.4 Å². The SMILES string of the molecule is CCCCC[C@@H](CC[C@H]1[C@H](O)CC2Cc3c(cccc3OCC(=O)O)C[C@@H]21)OC(=O)NC. The van der Waals surface area contributed by atoms with Crippen LogP contribution in [0.2, 0.25) is 0 Å². The molecule has 0 saturated heterocycles. The lowest BCUT2D eigenvalue weighted by molar-refractivity contribution is -0.139. The molecule has 2 aliphatic carbocycles. The van der Waals surface area contributed by atoms with Crippen LogP contribution in [0, 0.1) is 17.8 Å². The summed E-state index contributed by atoms with van der Waals surface area (Å²) in [6, 6.07) is 5.84. The maximum atomic E-state index is 11.8. The van der Waals surface area contributed by atoms with Gasteiger partial charge in [0.15, 0.2) is 6.61 Å². The Morgan fingerprint density at radius 3 is 2.75 bits per heavy atom. The van der Waals surface area contributed by atoms with E-state index in [1.807, 2.05) is 12.1 Å². The lowest BCUT2D eigenvalue weighted by Gasteiger charge is -2.32. The molecule has 5 atom stereocenters. The number of ether oxygens (including phenoxy) is 2. The van der Waals surface area contributed by atoms with Gasteiger partial charge in [0, 0.05) is 7.05 Å². The van der Waals surface area contributed by atoms with Crippen LogP contribution in [0.15, 0.2) is 18.2 Å². The van der Waals surface area contributed by atoms with Gasteiger partial charge in [0.2, 0.25) is 0 Å². The molecule has 0 bridgehead atoms. The normalized spacial score (nSPS) is 24.8. The maximum Gasteiger partial charge on any atom is 0.407 e. The topological polar surface area (TPSA) is 105 Å². The van der Waals surface area contributed by atoms with Gasteiger partial charge in [0.1, 0.15) is 11.9 Å². The minimum atomic E-state index is -0.986. The molecular formula is C25H37NO6. The first kappa shape index (κ1) is 24.4. The Morgan fingerprint density at radius 1 is 1.22 bits per heavy atom. The van der Waals surface area contributed by atoms with Crippen molar-refractivity contribution in [2.75, 3.05) is 13.7 Å². The summed E-state index contributed by atoms with van der Waals surface area (Å²) in [5.41, 5.74) is 2.28. The lowest BCUT2D eigenvalue weighted by Crippen LogP contribution is -2.30. The summed E-state index contributed by atoms with van der Waals surface area (Å²) in [7, 11) is 1.57. The van der Waals surface area contributed by atoms with Gasteiger partial charge in [-0.05, 0) is 79.9 Å². The molecule has 1 aromatic carbocycles. The van der Waals surface area contributed by atoms with E-state index in [-0.39, 0.29) is 24.7 Å². The first-order valence-electron chi connectivity index (χ1n) is 11.9. The molecule has 1 fully saturated rings. The lowest BCUT2D eigenvalue weighted by atomic mass is 9.73. The fourth-order valence-electron chi connectivity index (χ4n) is 5.55. The number of aliphatic hydroxyl groups is 1. The molecule has 0 aromatic heterocycles. The van der Waals surface area contributed by atoms with Gasteiger partial charge in [-0.1, -0.05) is 31.9 Å². The average Bonchev–Trinajstić information content (AvgIpc) is 3.08. The second-order valence-electron chi connectivity index (χ2n) is 9.23. The predicted octanol–water partition coefficient (Wildman–Crippen LogP) is 3.95. The molecule has 1 saturated carbocycles. The van der Waals surface area contributed by atoms with E-state index in [9.17, 15) is 14.7 Å². The number of hydrogen-bond donors (Lipinski definition) is 3. The van der Waals surface area contributed by atoms with Crippen LogP contribution in [0.1, 0.15) is 63.0 Å². The predicted molar refractivity (Wildman–Crippen MR) is 121 cm³/mol. The molecule has 0 heterocycles. The van der Waals surface area contributed by atoms with Crippen molar-refractivity contribution in [1.29, 1.82) is 0 Å². The van der Waals surface area contributed by atoms with E-state index in [4.69, 9.17) is 14.6 Å². The number of carbonyl (C=O) groups excluding carboxylic acids is 1. The molecule has 3 N–H and O–H groups in total. The van der Waals surface area contributed by atoms with E-state index < -0.39 is 12.1 Å². The standard InChI is InChI=1S/C25H37NO6/c1-3-4-5-8-18(32-25(30)26-2)10-11-19-20-12-16-7-6-9-23(31-15-24(28)29)21(16)13-17(20)14-22(19)27/h6-7,9,17-20,22,27H,3-5,8,10-15H2,1-2H3,(H,26,30)(H,28,29)/t17?,18-,19+,20-,22+/m0/s1. The number of carbonyl (C=O) groups is 2. The Kier molecular flexibility index (Phi) is 8.79. The molecule has 2 aliphatic rings. The highest BCUT2D eigenvalue weighted by molar-refractivity contribution is 5.68. The number of carboxylic acid groups (broad SMARTS) is 1. The number of hydrogen-bond acceptors (Lipinski definition) is 5. The zero-order valence-electron chi connectivity index (χ0n) is 19.2. The van der Waals surface area contributed by atoms with Crippen LogP contribution in [0.4, 0.5) is 4.79 Å². The molecule has 32 heavy (non-hydrogen) atoms. The molecule has 3 rings (SSSR count). The van der Waals surface area contributed by atoms with Crippen molar-refractivity contribution in [2.24, 2.45) is 17.8 Å². The number of carboxylic acids is 1. The Hall–Kier alpha value is -2.28. The van der Waals surface area contributed by atoms with Crippen LogP contribution >= 0.6 is 0 Å². The van der Waals surface area contributed by atoms with Crippen molar-refractivity contribution in [2.45, 2.75) is 76.9 Å². The highest BCUT2D eigenvalue weighted by Gasteiger charge is 2.45. The van der Waals surface area contributed by atoms with Crippen LogP contribution in [0.25, 0.3) is 0 Å². The van der Waals surface area contributed by atoms with Gasteiger partial charge in [-0.15, -0.1) is 0 Å². The highest BCUT2D eigenvalue weighted by Crippen LogP contribution is 2.48. The second-order valence-corrected chi connectivity index (χ2v) is 9.23. The van der Waals surface area contributed by atoms with Crippen molar-refractivity contribution in [3.63, 3.8) is 0 Å². The first-order chi connectivity index (χ1) is 15.4. The smallest absolute Gasteiger partial charge is 0.407 e. The quantitative estimate of drug-likeness (QED) is 0.444. The number of unbranched alkanes of at least 4 members (excludes halogenated alkanes) is 2. The summed E-state index contributed by atoms with van der Waals surface area (Å²) in [4.78, 5) is 22.7. The van der Waals surface area contributed by atoms with Gasteiger partial charge >= 0.3 is 12.1 Å². The molecule has 178 valence electrons. The van der Waals surface area contributed by atoms with E-state index in [0.29, 0.717) is 17.6 Å². The summed E-state index contributed by atoms with van der Waals surface area (Å²) in [6.07, 6.45) is 7.25. The summed E-state index contributed by atoms with van der Waals surface area (Å²) < 4.78 is 11.1. The number of fused-ring (bicyclic) bond motifs is 2. The molecule has 0 aliphatic heterocycles. The monoisotopic (exact) mass is 447 g/mol. The van der Waals surface area contributed by atoms with Gasteiger partial charge < -0.3 is 25.0 Å². The van der Waals surface area contributed by atoms with Crippen molar-refractivity contribution >= 4 is 12.1 Å². The number of alkyl carbamates (subject to hydrolysis) is 1. The van der Waals surface area contributed by atoms with E-state index in [1.54, 1.807) is 7.05 Å². The number of aliphatic carboxylic acids is 1. The van der Waals surface area contributed by atoms with E-state index in [1.165, 1.54) is 5.56 Å². The molecule has 0 radical (unpaired) electrons. The summed E-state index contributed by atoms with van der Waals surface area (Å²) in [5.74, 6) is 0.578. The van der Waals surface area contributed by atoms with Crippen molar-refractivity contribution < 1.29 is 29.3 Å². The Bertz CT molecular complexity index is 782. The molecule has 1 aromatic rings. The number of amides is 1. The summed E-state index contributed by atoms with van der Waals surface area (Å²) >= 11 is 0. The third-order valence-electron chi connectivity index (χ3n) is 7.13. The van der Waals surface area contributed by atoms with Gasteiger partial charge in [0.25, 0.3) is 0 Å². The number of rotatable bonds is 11. The molecule has 7 nitrogen and oxygen atoms in total. The fourth-order valence-corrected chi connectivity index (χ4v) is 5.55. The maximum absolute atomic E-state index is 11.8. The zero-order valence-corrected chi connectivity index (χ0v) is 19.2. The van der Waals surface area contributed by atoms with E-state index in [0.717, 1.165) is 63.4 Å². The molecule has 1 unspecified atom stereocenters. The van der Waals surface area contributed by atoms with Crippen LogP contribution in [0.3, 0.4) is 0 Å². The second kappa shape index (κ2) is 11.5. The Morgan fingerprint density at radius 2 is 2.03 bits per heavy atom. The van der Waals surface area contributed by atoms with Gasteiger partial charge in [0.05, 0.1) is 6.10 Å². The minimum absolute atomic E-state index is 0.125. The molecule has 7 heteroatoms. The molecule has 0 spiro atoms. The Labute approximate surface area is 190 Å². The number of nitrogens with one attached hydrogen (secondary N) is 1. The van der Waals surface area contributed by atoms with Crippen molar-refractivity contribution in [3.8, 4) is 5.75 Å². The first-order valence-corrected chi connectivity index (χ1v) is 11.9. The average molecular weight is 448 g/mol. The van der Waals surface area contributed by atoms with Crippen molar-refractivity contribution in [1.82, 2.24) is 5.32 Å². The Balaban J connectivity index is 1.65. The van der Waals surface area contributed by atoms with Crippen LogP contribution < -0.4 is 10.1 Å². The zero-order chi connectivity index (χ0) is 23.1. The highest BCUT2D eigenvalue weighted by atomic mass is 16.6.